The van der Waals surface area contributed by atoms with E-state index in [4.69, 9.17) is 5.11 Å². The molecular formula is C9H13N3O3. The van der Waals surface area contributed by atoms with E-state index in [1.54, 1.807) is 10.9 Å². The molecule has 0 unspecified atom stereocenters. The molecular weight excluding hydrogens is 198 g/mol. The van der Waals surface area contributed by atoms with Crippen molar-refractivity contribution < 1.29 is 15.0 Å². The van der Waals surface area contributed by atoms with Gasteiger partial charge in [-0.2, -0.15) is 0 Å². The molecule has 1 aromatic heterocycles. The van der Waals surface area contributed by atoms with Crippen LogP contribution < -0.4 is 0 Å². The van der Waals surface area contributed by atoms with E-state index in [0.29, 0.717) is 11.6 Å². The first-order chi connectivity index (χ1) is 7.15. The van der Waals surface area contributed by atoms with Crippen molar-refractivity contribution in [3.63, 3.8) is 0 Å². The van der Waals surface area contributed by atoms with Crippen LogP contribution in [0.2, 0.25) is 0 Å². The first-order valence-corrected chi connectivity index (χ1v) is 4.95. The Morgan fingerprint density at radius 1 is 1.67 bits per heavy atom. The van der Waals surface area contributed by atoms with Crippen LogP contribution in [-0.4, -0.2) is 31.2 Å². The van der Waals surface area contributed by atoms with Crippen molar-refractivity contribution in [1.29, 1.82) is 0 Å². The molecule has 0 radical (unpaired) electrons. The van der Waals surface area contributed by atoms with Gasteiger partial charge in [0.15, 0.2) is 0 Å². The lowest BCUT2D eigenvalue weighted by molar-refractivity contribution is -0.139. The van der Waals surface area contributed by atoms with Crippen molar-refractivity contribution >= 4 is 5.97 Å². The van der Waals surface area contributed by atoms with Crippen LogP contribution in [0.4, 0.5) is 0 Å². The summed E-state index contributed by atoms with van der Waals surface area (Å²) in [5, 5.41) is 25.5. The number of hydrogen-bond donors (Lipinski definition) is 2. The summed E-state index contributed by atoms with van der Waals surface area (Å²) in [5.41, 5.74) is 0.332. The van der Waals surface area contributed by atoms with Gasteiger partial charge in [0.05, 0.1) is 12.6 Å². The molecule has 0 bridgehead atoms. The number of nitrogens with zero attached hydrogens (tertiary/aromatic N) is 3. The summed E-state index contributed by atoms with van der Waals surface area (Å²) in [6, 6.07) is 0. The van der Waals surface area contributed by atoms with Crippen molar-refractivity contribution in [2.75, 3.05) is 0 Å². The summed E-state index contributed by atoms with van der Waals surface area (Å²) in [6.07, 6.45) is 2.66. The lowest BCUT2D eigenvalue weighted by atomic mass is 10.2. The van der Waals surface area contributed by atoms with Gasteiger partial charge in [0.25, 0.3) is 0 Å². The normalized spacial score (nSPS) is 17.7. The Labute approximate surface area is 86.5 Å². The van der Waals surface area contributed by atoms with Gasteiger partial charge in [0.1, 0.15) is 11.8 Å². The SMILES string of the molecule is O=C(O)C[C@H](O)c1cn(CC2CC2)nn1. The first kappa shape index (κ1) is 10.1. The second-order valence-corrected chi connectivity index (χ2v) is 3.92. The van der Waals surface area contributed by atoms with Gasteiger partial charge in [-0.25, -0.2) is 0 Å². The number of carbonyl (C=O) groups is 1. The number of carboxylic acids is 1. The summed E-state index contributed by atoms with van der Waals surface area (Å²) in [7, 11) is 0. The zero-order valence-electron chi connectivity index (χ0n) is 8.20. The highest BCUT2D eigenvalue weighted by Crippen LogP contribution is 2.30. The minimum atomic E-state index is -1.06. The number of carboxylic acid groups (broad SMARTS) is 1. The molecule has 0 saturated heterocycles. The van der Waals surface area contributed by atoms with Crippen LogP contribution in [0.15, 0.2) is 6.20 Å². The summed E-state index contributed by atoms with van der Waals surface area (Å²) in [6.45, 7) is 0.812. The minimum Gasteiger partial charge on any atom is -0.481 e. The Hall–Kier alpha value is -1.43. The zero-order chi connectivity index (χ0) is 10.8. The van der Waals surface area contributed by atoms with E-state index in [9.17, 15) is 9.90 Å². The van der Waals surface area contributed by atoms with E-state index < -0.39 is 12.1 Å². The molecule has 6 nitrogen and oxygen atoms in total. The van der Waals surface area contributed by atoms with Gasteiger partial charge >= 0.3 is 5.97 Å². The third-order valence-corrected chi connectivity index (χ3v) is 2.41. The Morgan fingerprint density at radius 3 is 3.00 bits per heavy atom. The fourth-order valence-corrected chi connectivity index (χ4v) is 1.39. The highest BCUT2D eigenvalue weighted by molar-refractivity contribution is 5.67. The van der Waals surface area contributed by atoms with Gasteiger partial charge in [-0.3, -0.25) is 9.48 Å². The van der Waals surface area contributed by atoms with Crippen LogP contribution in [0.5, 0.6) is 0 Å². The van der Waals surface area contributed by atoms with E-state index in [1.165, 1.54) is 12.8 Å². The van der Waals surface area contributed by atoms with Crippen LogP contribution >= 0.6 is 0 Å². The van der Waals surface area contributed by atoms with E-state index in [1.807, 2.05) is 0 Å². The van der Waals surface area contributed by atoms with Crippen molar-refractivity contribution in [2.24, 2.45) is 5.92 Å². The molecule has 1 aromatic rings. The highest BCUT2D eigenvalue weighted by Gasteiger charge is 2.23. The molecule has 15 heavy (non-hydrogen) atoms. The van der Waals surface area contributed by atoms with Crippen molar-refractivity contribution in [2.45, 2.75) is 31.9 Å². The molecule has 0 amide bonds. The molecule has 1 aliphatic rings. The molecule has 2 rings (SSSR count). The van der Waals surface area contributed by atoms with Crippen molar-refractivity contribution in [3.8, 4) is 0 Å². The van der Waals surface area contributed by atoms with Crippen LogP contribution in [0.1, 0.15) is 31.1 Å². The van der Waals surface area contributed by atoms with Gasteiger partial charge in [-0.15, -0.1) is 5.10 Å². The smallest absolute Gasteiger partial charge is 0.306 e. The highest BCUT2D eigenvalue weighted by atomic mass is 16.4. The van der Waals surface area contributed by atoms with E-state index in [0.717, 1.165) is 6.54 Å². The first-order valence-electron chi connectivity index (χ1n) is 4.95. The monoisotopic (exact) mass is 211 g/mol. The van der Waals surface area contributed by atoms with Crippen molar-refractivity contribution in [1.82, 2.24) is 15.0 Å². The second-order valence-electron chi connectivity index (χ2n) is 3.92. The van der Waals surface area contributed by atoms with Gasteiger partial charge < -0.3 is 10.2 Å². The average Bonchev–Trinajstić information content (AvgIpc) is 2.80. The van der Waals surface area contributed by atoms with Crippen LogP contribution in [-0.2, 0) is 11.3 Å². The molecule has 1 saturated carbocycles. The molecule has 0 aromatic carbocycles. The maximum Gasteiger partial charge on any atom is 0.306 e. The van der Waals surface area contributed by atoms with Crippen molar-refractivity contribution in [3.05, 3.63) is 11.9 Å². The maximum atomic E-state index is 10.4. The molecule has 2 N–H and O–H groups in total. The fraction of sp³-hybridized carbons (Fsp3) is 0.667. The topological polar surface area (TPSA) is 88.2 Å². The average molecular weight is 211 g/mol. The minimum absolute atomic E-state index is 0.331. The summed E-state index contributed by atoms with van der Waals surface area (Å²) >= 11 is 0. The van der Waals surface area contributed by atoms with E-state index in [2.05, 4.69) is 10.3 Å². The quantitative estimate of drug-likeness (QED) is 0.726. The largest absolute Gasteiger partial charge is 0.481 e. The third-order valence-electron chi connectivity index (χ3n) is 2.41. The molecule has 82 valence electrons. The fourth-order valence-electron chi connectivity index (χ4n) is 1.39. The lowest BCUT2D eigenvalue weighted by Gasteiger charge is -2.01. The Balaban J connectivity index is 1.95. The van der Waals surface area contributed by atoms with Gasteiger partial charge in [-0.1, -0.05) is 5.21 Å². The molecule has 0 spiro atoms. The second kappa shape index (κ2) is 3.98. The lowest BCUT2D eigenvalue weighted by Crippen LogP contribution is -2.05. The number of hydrogen-bond acceptors (Lipinski definition) is 4. The maximum absolute atomic E-state index is 10.4. The zero-order valence-corrected chi connectivity index (χ0v) is 8.20. The van der Waals surface area contributed by atoms with Gasteiger partial charge in [-0.05, 0) is 18.8 Å². The molecule has 0 aliphatic heterocycles. The number of aliphatic hydroxyl groups is 1. The van der Waals surface area contributed by atoms with E-state index in [-0.39, 0.29) is 6.42 Å². The third kappa shape index (κ3) is 2.76. The Morgan fingerprint density at radius 2 is 2.40 bits per heavy atom. The summed E-state index contributed by atoms with van der Waals surface area (Å²) in [4.78, 5) is 10.4. The predicted molar refractivity (Wildman–Crippen MR) is 50.0 cm³/mol. The van der Waals surface area contributed by atoms with Crippen LogP contribution in [0.25, 0.3) is 0 Å². The number of aliphatic carboxylic acids is 1. The molecule has 1 fully saturated rings. The van der Waals surface area contributed by atoms with Gasteiger partial charge in [0.2, 0.25) is 0 Å². The Bertz CT molecular complexity index is 359. The number of aromatic nitrogens is 3. The predicted octanol–water partition coefficient (Wildman–Crippen LogP) is 0.196. The summed E-state index contributed by atoms with van der Waals surface area (Å²) in [5.74, 6) is -0.365. The van der Waals surface area contributed by atoms with Crippen LogP contribution in [0, 0.1) is 5.92 Å². The van der Waals surface area contributed by atoms with E-state index >= 15 is 0 Å². The summed E-state index contributed by atoms with van der Waals surface area (Å²) < 4.78 is 1.66. The number of rotatable bonds is 5. The standard InChI is InChI=1S/C9H13N3O3/c13-8(3-9(14)15)7-5-12(11-10-7)4-6-1-2-6/h5-6,8,13H,1-4H2,(H,14,15)/t8-/m0/s1. The van der Waals surface area contributed by atoms with Gasteiger partial charge in [0, 0.05) is 6.54 Å². The molecule has 1 aliphatic carbocycles. The molecule has 1 heterocycles. The number of aliphatic hydroxyl groups excluding tert-OH is 1. The van der Waals surface area contributed by atoms with Crippen LogP contribution in [0.3, 0.4) is 0 Å². The molecule has 6 heteroatoms. The Kier molecular flexibility index (Phi) is 2.68. The molecule has 1 atom stereocenters.